The molecule has 1 saturated heterocycles. The van der Waals surface area contributed by atoms with Crippen LogP contribution in [0.15, 0.2) is 77.7 Å². The van der Waals surface area contributed by atoms with Crippen molar-refractivity contribution >= 4 is 28.8 Å². The third-order valence-electron chi connectivity index (χ3n) is 4.68. The van der Waals surface area contributed by atoms with E-state index in [0.29, 0.717) is 11.1 Å². The number of carbonyl (C=O) groups is 2. The molecule has 6 heteroatoms. The molecule has 1 amide bonds. The number of amides is 1. The highest BCUT2D eigenvalue weighted by Gasteiger charge is 2.46. The number of hydrogen-bond donors (Lipinski definition) is 2. The summed E-state index contributed by atoms with van der Waals surface area (Å²) < 4.78 is 0. The normalized spacial score (nSPS) is 18.6. The van der Waals surface area contributed by atoms with Gasteiger partial charge in [-0.3, -0.25) is 9.59 Å². The molecule has 1 unspecified atom stereocenters. The number of likely N-dealkylation sites (tertiary alicyclic amines) is 1. The maximum absolute atomic E-state index is 12.9. The van der Waals surface area contributed by atoms with Gasteiger partial charge in [0.1, 0.15) is 11.5 Å². The maximum atomic E-state index is 12.9. The van der Waals surface area contributed by atoms with E-state index in [1.807, 2.05) is 17.5 Å². The van der Waals surface area contributed by atoms with Gasteiger partial charge in [0, 0.05) is 10.4 Å². The molecule has 28 heavy (non-hydrogen) atoms. The average molecular weight is 391 g/mol. The van der Waals surface area contributed by atoms with Gasteiger partial charge < -0.3 is 15.1 Å². The minimum atomic E-state index is -0.783. The number of carbonyl (C=O) groups excluding carboxylic acids is 2. The van der Waals surface area contributed by atoms with Crippen LogP contribution in [0.25, 0.3) is 5.76 Å². The number of Topliss-reactive ketones (excluding diaryl/α,β-unsaturated/α-hetero) is 1. The molecular formula is C22H17NO4S. The highest BCUT2D eigenvalue weighted by Crippen LogP contribution is 2.41. The van der Waals surface area contributed by atoms with Crippen molar-refractivity contribution in [2.75, 3.05) is 0 Å². The lowest BCUT2D eigenvalue weighted by Crippen LogP contribution is -2.28. The van der Waals surface area contributed by atoms with Gasteiger partial charge in [0.25, 0.3) is 11.7 Å². The molecule has 3 aromatic rings. The van der Waals surface area contributed by atoms with Crippen LogP contribution in [0.1, 0.15) is 22.0 Å². The van der Waals surface area contributed by atoms with Crippen molar-refractivity contribution in [3.05, 3.63) is 93.7 Å². The molecule has 0 bridgehead atoms. The number of thiophene rings is 1. The molecule has 2 N–H and O–H groups in total. The topological polar surface area (TPSA) is 77.8 Å². The summed E-state index contributed by atoms with van der Waals surface area (Å²) in [5, 5.41) is 22.7. The van der Waals surface area contributed by atoms with Crippen molar-refractivity contribution in [2.45, 2.75) is 12.6 Å². The van der Waals surface area contributed by atoms with E-state index in [4.69, 9.17) is 0 Å². The van der Waals surface area contributed by atoms with Gasteiger partial charge in [-0.25, -0.2) is 0 Å². The Hall–Kier alpha value is -3.38. The average Bonchev–Trinajstić information content (AvgIpc) is 3.30. The molecule has 1 aliphatic rings. The zero-order valence-electron chi connectivity index (χ0n) is 14.8. The van der Waals surface area contributed by atoms with Crippen molar-refractivity contribution in [3.8, 4) is 5.75 Å². The first-order valence-electron chi connectivity index (χ1n) is 8.71. The number of aromatic hydroxyl groups is 1. The zero-order chi connectivity index (χ0) is 19.7. The SMILES string of the molecule is O=C1C(=O)N(Cc2cccs2)C(c2cccc(O)c2)/C1=C(/O)c1ccccc1. The summed E-state index contributed by atoms with van der Waals surface area (Å²) in [6.07, 6.45) is 0. The fourth-order valence-electron chi connectivity index (χ4n) is 3.41. The van der Waals surface area contributed by atoms with Crippen LogP contribution in [0.3, 0.4) is 0 Å². The van der Waals surface area contributed by atoms with Crippen LogP contribution in [0.5, 0.6) is 5.75 Å². The Balaban J connectivity index is 1.88. The molecule has 1 aliphatic heterocycles. The number of aliphatic hydroxyl groups is 1. The fourth-order valence-corrected chi connectivity index (χ4v) is 4.11. The quantitative estimate of drug-likeness (QED) is 0.399. The summed E-state index contributed by atoms with van der Waals surface area (Å²) in [6, 6.07) is 18.1. The van der Waals surface area contributed by atoms with Crippen LogP contribution in [0.4, 0.5) is 0 Å². The number of hydrogen-bond acceptors (Lipinski definition) is 5. The Morgan fingerprint density at radius 1 is 1.00 bits per heavy atom. The molecule has 1 aromatic heterocycles. The standard InChI is InChI=1S/C22H17NO4S/c24-16-9-4-8-15(12-16)19-18(20(25)14-6-2-1-3-7-14)21(26)22(27)23(19)13-17-10-5-11-28-17/h1-12,19,24-25H,13H2/b20-18-. The summed E-state index contributed by atoms with van der Waals surface area (Å²) in [5.41, 5.74) is 1.05. The Labute approximate surface area is 165 Å². The fraction of sp³-hybridized carbons (Fsp3) is 0.0909. The lowest BCUT2D eigenvalue weighted by molar-refractivity contribution is -0.140. The van der Waals surface area contributed by atoms with Gasteiger partial charge in [-0.15, -0.1) is 11.3 Å². The maximum Gasteiger partial charge on any atom is 0.295 e. The molecule has 140 valence electrons. The molecular weight excluding hydrogens is 374 g/mol. The number of benzene rings is 2. The molecule has 0 radical (unpaired) electrons. The van der Waals surface area contributed by atoms with Crippen LogP contribution in [0.2, 0.25) is 0 Å². The summed E-state index contributed by atoms with van der Waals surface area (Å²) in [7, 11) is 0. The monoisotopic (exact) mass is 391 g/mol. The second kappa shape index (κ2) is 7.32. The van der Waals surface area contributed by atoms with E-state index in [2.05, 4.69) is 0 Å². The number of phenols is 1. The Morgan fingerprint density at radius 2 is 1.79 bits per heavy atom. The predicted octanol–water partition coefficient (Wildman–Crippen LogP) is 4.08. The van der Waals surface area contributed by atoms with Crippen LogP contribution in [0, 0.1) is 0 Å². The van der Waals surface area contributed by atoms with Crippen molar-refractivity contribution in [1.82, 2.24) is 4.90 Å². The van der Waals surface area contributed by atoms with E-state index in [1.165, 1.54) is 28.4 Å². The summed E-state index contributed by atoms with van der Waals surface area (Å²) in [6.45, 7) is 0.244. The van der Waals surface area contributed by atoms with Gasteiger partial charge in [0.2, 0.25) is 0 Å². The minimum Gasteiger partial charge on any atom is -0.508 e. The lowest BCUT2D eigenvalue weighted by atomic mass is 9.95. The molecule has 1 fully saturated rings. The van der Waals surface area contributed by atoms with Crippen molar-refractivity contribution in [3.63, 3.8) is 0 Å². The second-order valence-corrected chi connectivity index (χ2v) is 7.50. The van der Waals surface area contributed by atoms with E-state index in [1.54, 1.807) is 42.5 Å². The van der Waals surface area contributed by atoms with E-state index >= 15 is 0 Å². The number of ketones is 1. The molecule has 2 heterocycles. The van der Waals surface area contributed by atoms with Crippen LogP contribution >= 0.6 is 11.3 Å². The first-order valence-corrected chi connectivity index (χ1v) is 9.59. The highest BCUT2D eigenvalue weighted by molar-refractivity contribution is 7.09. The molecule has 5 nitrogen and oxygen atoms in total. The van der Waals surface area contributed by atoms with Gasteiger partial charge in [0.15, 0.2) is 0 Å². The first kappa shape index (κ1) is 18.0. The molecule has 0 aliphatic carbocycles. The minimum absolute atomic E-state index is 0.0263. The molecule has 1 atom stereocenters. The van der Waals surface area contributed by atoms with Gasteiger partial charge >= 0.3 is 0 Å². The second-order valence-electron chi connectivity index (χ2n) is 6.47. The van der Waals surface area contributed by atoms with Crippen LogP contribution in [-0.2, 0) is 16.1 Å². The predicted molar refractivity (Wildman–Crippen MR) is 107 cm³/mol. The Kier molecular flexibility index (Phi) is 4.71. The highest BCUT2D eigenvalue weighted by atomic mass is 32.1. The van der Waals surface area contributed by atoms with E-state index in [9.17, 15) is 19.8 Å². The number of rotatable bonds is 4. The number of nitrogens with zero attached hydrogens (tertiary/aromatic N) is 1. The third kappa shape index (κ3) is 3.18. The van der Waals surface area contributed by atoms with E-state index in [-0.39, 0.29) is 23.6 Å². The molecule has 0 spiro atoms. The molecule has 4 rings (SSSR count). The summed E-state index contributed by atoms with van der Waals surface area (Å²) in [5.74, 6) is -1.59. The van der Waals surface area contributed by atoms with E-state index < -0.39 is 17.7 Å². The zero-order valence-corrected chi connectivity index (χ0v) is 15.6. The van der Waals surface area contributed by atoms with Crippen LogP contribution in [-0.4, -0.2) is 26.8 Å². The van der Waals surface area contributed by atoms with Gasteiger partial charge in [-0.05, 0) is 29.1 Å². The van der Waals surface area contributed by atoms with Crippen molar-refractivity contribution in [2.24, 2.45) is 0 Å². The van der Waals surface area contributed by atoms with Crippen molar-refractivity contribution in [1.29, 1.82) is 0 Å². The number of aliphatic hydroxyl groups excluding tert-OH is 1. The van der Waals surface area contributed by atoms with Crippen LogP contribution < -0.4 is 0 Å². The van der Waals surface area contributed by atoms with Crippen molar-refractivity contribution < 1.29 is 19.8 Å². The summed E-state index contributed by atoms with van der Waals surface area (Å²) >= 11 is 1.49. The first-order chi connectivity index (χ1) is 13.6. The smallest absolute Gasteiger partial charge is 0.295 e. The van der Waals surface area contributed by atoms with Gasteiger partial charge in [-0.1, -0.05) is 48.5 Å². The Morgan fingerprint density at radius 3 is 2.46 bits per heavy atom. The summed E-state index contributed by atoms with van der Waals surface area (Å²) in [4.78, 5) is 28.0. The van der Waals surface area contributed by atoms with Gasteiger partial charge in [0.05, 0.1) is 18.2 Å². The number of phenolic OH excluding ortho intramolecular Hbond substituents is 1. The largest absolute Gasteiger partial charge is 0.508 e. The lowest BCUT2D eigenvalue weighted by Gasteiger charge is -2.25. The van der Waals surface area contributed by atoms with E-state index in [0.717, 1.165) is 4.88 Å². The molecule has 2 aromatic carbocycles. The third-order valence-corrected chi connectivity index (χ3v) is 5.54. The Bertz CT molecular complexity index is 1060. The molecule has 0 saturated carbocycles. The van der Waals surface area contributed by atoms with Gasteiger partial charge in [-0.2, -0.15) is 0 Å².